The van der Waals surface area contributed by atoms with Crippen LogP contribution in [0.1, 0.15) is 18.4 Å². The van der Waals surface area contributed by atoms with Gasteiger partial charge in [0.15, 0.2) is 11.5 Å². The number of aryl methyl sites for hydroxylation is 1. The van der Waals surface area contributed by atoms with Crippen molar-refractivity contribution in [2.45, 2.75) is 25.8 Å². The van der Waals surface area contributed by atoms with Gasteiger partial charge in [-0.1, -0.05) is 0 Å². The molecule has 150 valence electrons. The van der Waals surface area contributed by atoms with Gasteiger partial charge in [-0.3, -0.25) is 4.79 Å². The smallest absolute Gasteiger partial charge is 0.246 e. The van der Waals surface area contributed by atoms with Crippen molar-refractivity contribution in [3.8, 4) is 0 Å². The number of anilines is 4. The largest absolute Gasteiger partial charge is 0.381 e. The predicted octanol–water partition coefficient (Wildman–Crippen LogP) is 1.53. The number of carbonyl (C=O) groups excluding carboxylic acids is 1. The molecule has 3 aromatic rings. The molecule has 0 bridgehead atoms. The number of hydrogen-bond donors (Lipinski definition) is 1. The predicted molar refractivity (Wildman–Crippen MR) is 108 cm³/mol. The van der Waals surface area contributed by atoms with Crippen molar-refractivity contribution in [3.05, 3.63) is 30.4 Å². The molecule has 1 fully saturated rings. The summed E-state index contributed by atoms with van der Waals surface area (Å²) in [5, 5.41) is 7.47. The van der Waals surface area contributed by atoms with E-state index in [1.807, 2.05) is 19.2 Å². The Kier molecular flexibility index (Phi) is 4.27. The van der Waals surface area contributed by atoms with E-state index >= 15 is 0 Å². The Morgan fingerprint density at radius 1 is 1.24 bits per heavy atom. The number of ether oxygens (including phenoxy) is 1. The fourth-order valence-electron chi connectivity index (χ4n) is 3.84. The molecule has 1 N–H and O–H groups in total. The quantitative estimate of drug-likeness (QED) is 0.714. The normalized spacial score (nSPS) is 17.7. The molecule has 0 aromatic carbocycles. The molecule has 3 aromatic heterocycles. The molecule has 0 saturated carbocycles. The highest BCUT2D eigenvalue weighted by atomic mass is 16.5. The average Bonchev–Trinajstić information content (AvgIpc) is 3.18. The first-order valence-corrected chi connectivity index (χ1v) is 9.65. The van der Waals surface area contributed by atoms with Gasteiger partial charge in [0, 0.05) is 26.3 Å². The topological polar surface area (TPSA) is 101 Å². The van der Waals surface area contributed by atoms with E-state index in [4.69, 9.17) is 9.72 Å². The molecule has 10 nitrogen and oxygen atoms in total. The molecule has 29 heavy (non-hydrogen) atoms. The van der Waals surface area contributed by atoms with E-state index in [2.05, 4.69) is 25.3 Å². The summed E-state index contributed by atoms with van der Waals surface area (Å²) in [5.74, 6) is 1.29. The molecule has 10 heteroatoms. The minimum Gasteiger partial charge on any atom is -0.381 e. The molecule has 0 aliphatic carbocycles. The summed E-state index contributed by atoms with van der Waals surface area (Å²) in [7, 11) is 1.77. The van der Waals surface area contributed by atoms with Crippen LogP contribution < -0.4 is 15.1 Å². The average molecular weight is 394 g/mol. The van der Waals surface area contributed by atoms with E-state index in [9.17, 15) is 4.79 Å². The molecule has 0 spiro atoms. The second-order valence-corrected chi connectivity index (χ2v) is 7.38. The first-order valence-electron chi connectivity index (χ1n) is 9.65. The summed E-state index contributed by atoms with van der Waals surface area (Å²) in [6.07, 6.45) is 6.85. The van der Waals surface area contributed by atoms with Crippen molar-refractivity contribution < 1.29 is 9.53 Å². The van der Waals surface area contributed by atoms with Gasteiger partial charge in [-0.2, -0.15) is 10.1 Å². The molecule has 1 saturated heterocycles. The Labute approximate surface area is 167 Å². The fraction of sp³-hybridized carbons (Fsp3) is 0.421. The molecular weight excluding hydrogens is 372 g/mol. The van der Waals surface area contributed by atoms with E-state index in [-0.39, 0.29) is 11.9 Å². The molecule has 0 radical (unpaired) electrons. The van der Waals surface area contributed by atoms with Crippen molar-refractivity contribution in [2.75, 3.05) is 41.9 Å². The maximum Gasteiger partial charge on any atom is 0.246 e. The van der Waals surface area contributed by atoms with E-state index < -0.39 is 0 Å². The van der Waals surface area contributed by atoms with Gasteiger partial charge in [0.2, 0.25) is 11.9 Å². The number of aromatic nitrogens is 5. The van der Waals surface area contributed by atoms with Crippen LogP contribution in [-0.2, 0) is 9.53 Å². The monoisotopic (exact) mass is 394 g/mol. The van der Waals surface area contributed by atoms with Crippen LogP contribution in [0.2, 0.25) is 0 Å². The zero-order valence-corrected chi connectivity index (χ0v) is 16.4. The number of nitrogens with one attached hydrogen (secondary N) is 1. The second-order valence-electron chi connectivity index (χ2n) is 7.38. The lowest BCUT2D eigenvalue weighted by atomic mass is 10.1. The van der Waals surface area contributed by atoms with Crippen molar-refractivity contribution >= 4 is 34.7 Å². The lowest BCUT2D eigenvalue weighted by Crippen LogP contribution is -2.50. The highest BCUT2D eigenvalue weighted by molar-refractivity contribution is 6.02. The van der Waals surface area contributed by atoms with Gasteiger partial charge in [0.25, 0.3) is 0 Å². The zero-order chi connectivity index (χ0) is 20.0. The van der Waals surface area contributed by atoms with Crippen molar-refractivity contribution in [3.63, 3.8) is 0 Å². The van der Waals surface area contributed by atoms with Crippen LogP contribution in [-0.4, -0.2) is 63.3 Å². The van der Waals surface area contributed by atoms with E-state index in [1.165, 1.54) is 6.33 Å². The van der Waals surface area contributed by atoms with Gasteiger partial charge >= 0.3 is 0 Å². The lowest BCUT2D eigenvalue weighted by Gasteiger charge is -2.40. The number of amides is 1. The van der Waals surface area contributed by atoms with Crippen LogP contribution >= 0.6 is 0 Å². The molecule has 0 unspecified atom stereocenters. The molecule has 5 heterocycles. The summed E-state index contributed by atoms with van der Waals surface area (Å²) in [6.45, 7) is 3.71. The maximum absolute atomic E-state index is 12.5. The number of carbonyl (C=O) groups is 1. The third-order valence-corrected chi connectivity index (χ3v) is 5.56. The molecular formula is C19H22N8O2. The number of nitrogens with zero attached hydrogens (tertiary/aromatic N) is 7. The van der Waals surface area contributed by atoms with Crippen LogP contribution in [0.15, 0.2) is 24.8 Å². The maximum atomic E-state index is 12.5. The standard InChI is InChI=1S/C19H22N8O2/c1-12-7-16-21-11-22-27(16)9-14(12)23-19-20-8-15-18(24-19)26(10-17(28)25(15)2)13-3-5-29-6-4-13/h7-9,11,13H,3-6,10H2,1-2H3,(H,20,23,24). The molecule has 2 aliphatic heterocycles. The Morgan fingerprint density at radius 3 is 2.90 bits per heavy atom. The van der Waals surface area contributed by atoms with Crippen LogP contribution in [0.4, 0.5) is 23.1 Å². The minimum atomic E-state index is 0.0424. The first-order chi connectivity index (χ1) is 14.1. The first kappa shape index (κ1) is 17.8. The summed E-state index contributed by atoms with van der Waals surface area (Å²) in [5.41, 5.74) is 3.37. The van der Waals surface area contributed by atoms with Gasteiger partial charge in [-0.25, -0.2) is 14.5 Å². The van der Waals surface area contributed by atoms with Crippen molar-refractivity contribution in [1.29, 1.82) is 0 Å². The molecule has 5 rings (SSSR count). The van der Waals surface area contributed by atoms with E-state index in [0.29, 0.717) is 25.7 Å². The van der Waals surface area contributed by atoms with Crippen LogP contribution in [0, 0.1) is 6.92 Å². The molecule has 2 aliphatic rings. The van der Waals surface area contributed by atoms with Gasteiger partial charge in [0.05, 0.1) is 24.6 Å². The summed E-state index contributed by atoms with van der Waals surface area (Å²) < 4.78 is 7.19. The summed E-state index contributed by atoms with van der Waals surface area (Å²) in [4.78, 5) is 29.7. The van der Waals surface area contributed by atoms with Crippen molar-refractivity contribution in [1.82, 2.24) is 24.6 Å². The zero-order valence-electron chi connectivity index (χ0n) is 16.4. The third-order valence-electron chi connectivity index (χ3n) is 5.56. The summed E-state index contributed by atoms with van der Waals surface area (Å²) in [6, 6.07) is 2.19. The minimum absolute atomic E-state index is 0.0424. The van der Waals surface area contributed by atoms with E-state index in [1.54, 1.807) is 22.7 Å². The number of fused-ring (bicyclic) bond motifs is 2. The number of hydrogen-bond acceptors (Lipinski definition) is 8. The Balaban J connectivity index is 1.50. The van der Waals surface area contributed by atoms with Crippen molar-refractivity contribution in [2.24, 2.45) is 0 Å². The Bertz CT molecular complexity index is 1080. The van der Waals surface area contributed by atoms with Gasteiger partial charge < -0.3 is 19.9 Å². The van der Waals surface area contributed by atoms with Crippen LogP contribution in [0.5, 0.6) is 0 Å². The van der Waals surface area contributed by atoms with Gasteiger partial charge in [-0.15, -0.1) is 0 Å². The number of rotatable bonds is 3. The molecule has 1 amide bonds. The Morgan fingerprint density at radius 2 is 2.07 bits per heavy atom. The van der Waals surface area contributed by atoms with Gasteiger partial charge in [-0.05, 0) is 31.4 Å². The Hall–Kier alpha value is -3.27. The number of likely N-dealkylation sites (N-methyl/N-ethyl adjacent to an activating group) is 1. The molecule has 0 atom stereocenters. The third kappa shape index (κ3) is 3.15. The number of pyridine rings is 1. The highest BCUT2D eigenvalue weighted by Crippen LogP contribution is 2.35. The van der Waals surface area contributed by atoms with Crippen LogP contribution in [0.3, 0.4) is 0 Å². The second kappa shape index (κ2) is 6.96. The summed E-state index contributed by atoms with van der Waals surface area (Å²) >= 11 is 0. The lowest BCUT2D eigenvalue weighted by molar-refractivity contribution is -0.117. The van der Waals surface area contributed by atoms with Crippen LogP contribution in [0.25, 0.3) is 5.65 Å². The highest BCUT2D eigenvalue weighted by Gasteiger charge is 2.34. The van der Waals surface area contributed by atoms with E-state index in [0.717, 1.165) is 41.2 Å². The SMILES string of the molecule is Cc1cc2ncnn2cc1Nc1ncc2c(n1)N(C1CCOCC1)CC(=O)N2C. The van der Waals surface area contributed by atoms with Gasteiger partial charge in [0.1, 0.15) is 12.0 Å². The fourth-order valence-corrected chi connectivity index (χ4v) is 3.84.